The second kappa shape index (κ2) is 7.84. The lowest BCUT2D eigenvalue weighted by Crippen LogP contribution is -2.38. The van der Waals surface area contributed by atoms with Gasteiger partial charge in [0.05, 0.1) is 18.4 Å². The smallest absolute Gasteiger partial charge is 0.308 e. The van der Waals surface area contributed by atoms with E-state index in [0.29, 0.717) is 26.1 Å². The number of likely N-dealkylation sites (tertiary alicyclic amines) is 1. The third-order valence-electron chi connectivity index (χ3n) is 3.52. The van der Waals surface area contributed by atoms with Crippen molar-refractivity contribution in [3.05, 3.63) is 0 Å². The number of aliphatic carboxylic acids is 1. The molecule has 2 N–H and O–H groups in total. The number of carbonyl (C=O) groups is 3. The van der Waals surface area contributed by atoms with Gasteiger partial charge in [0, 0.05) is 33.2 Å². The summed E-state index contributed by atoms with van der Waals surface area (Å²) < 4.78 is 4.91. The van der Waals surface area contributed by atoms with Crippen molar-refractivity contribution in [2.75, 3.05) is 33.4 Å². The van der Waals surface area contributed by atoms with Crippen LogP contribution in [-0.4, -0.2) is 61.1 Å². The van der Waals surface area contributed by atoms with Gasteiger partial charge in [0.1, 0.15) is 0 Å². The van der Waals surface area contributed by atoms with Crippen molar-refractivity contribution in [2.45, 2.75) is 19.8 Å². The van der Waals surface area contributed by atoms with Gasteiger partial charge in [-0.1, -0.05) is 6.92 Å². The Hall–Kier alpha value is -1.63. The van der Waals surface area contributed by atoms with E-state index in [4.69, 9.17) is 9.84 Å². The predicted octanol–water partition coefficient (Wildman–Crippen LogP) is -0.292. The number of ether oxygens (including phenoxy) is 1. The van der Waals surface area contributed by atoms with Gasteiger partial charge in [0.2, 0.25) is 11.8 Å². The highest BCUT2D eigenvalue weighted by Gasteiger charge is 2.34. The number of methoxy groups -OCH3 is 1. The fourth-order valence-electron chi connectivity index (χ4n) is 2.14. The van der Waals surface area contributed by atoms with Gasteiger partial charge in [-0.2, -0.15) is 0 Å². The number of hydrogen-bond acceptors (Lipinski definition) is 4. The van der Waals surface area contributed by atoms with Gasteiger partial charge in [-0.3, -0.25) is 14.4 Å². The molecule has 0 aromatic rings. The topological polar surface area (TPSA) is 95.9 Å². The second-order valence-corrected chi connectivity index (χ2v) is 4.92. The molecule has 0 bridgehead atoms. The van der Waals surface area contributed by atoms with E-state index in [2.05, 4.69) is 5.32 Å². The molecule has 7 heteroatoms. The van der Waals surface area contributed by atoms with E-state index in [-0.39, 0.29) is 24.8 Å². The average Bonchev–Trinajstić information content (AvgIpc) is 2.78. The van der Waals surface area contributed by atoms with Crippen LogP contribution in [0.5, 0.6) is 0 Å². The Kier molecular flexibility index (Phi) is 6.44. The number of hydrogen-bond donors (Lipinski definition) is 2. The maximum absolute atomic E-state index is 11.9. The van der Waals surface area contributed by atoms with Gasteiger partial charge >= 0.3 is 5.97 Å². The third-order valence-corrected chi connectivity index (χ3v) is 3.52. The monoisotopic (exact) mass is 286 g/mol. The molecule has 2 unspecified atom stereocenters. The summed E-state index contributed by atoms with van der Waals surface area (Å²) in [6.45, 7) is 3.16. The maximum atomic E-state index is 11.9. The van der Waals surface area contributed by atoms with Gasteiger partial charge in [-0.25, -0.2) is 0 Å². The van der Waals surface area contributed by atoms with Crippen molar-refractivity contribution in [1.82, 2.24) is 10.2 Å². The standard InChI is InChI=1S/C13H22N2O5/c1-3-9(13(18)19)7-14-12(17)10-6-11(16)15(8-10)4-5-20-2/h9-10H,3-8H2,1-2H3,(H,14,17)(H,18,19). The first-order valence-electron chi connectivity index (χ1n) is 6.76. The minimum absolute atomic E-state index is 0.0625. The van der Waals surface area contributed by atoms with Crippen LogP contribution in [0.2, 0.25) is 0 Å². The zero-order valence-corrected chi connectivity index (χ0v) is 11.9. The molecule has 1 aliphatic heterocycles. The molecule has 2 atom stereocenters. The summed E-state index contributed by atoms with van der Waals surface area (Å²) in [5.41, 5.74) is 0. The molecule has 0 radical (unpaired) electrons. The molecule has 114 valence electrons. The van der Waals surface area contributed by atoms with E-state index in [1.807, 2.05) is 0 Å². The summed E-state index contributed by atoms with van der Waals surface area (Å²) in [4.78, 5) is 36.1. The molecular formula is C13H22N2O5. The molecule has 1 fully saturated rings. The lowest BCUT2D eigenvalue weighted by molar-refractivity contribution is -0.142. The molecule has 0 spiro atoms. The minimum Gasteiger partial charge on any atom is -0.481 e. The van der Waals surface area contributed by atoms with Crippen LogP contribution in [0.25, 0.3) is 0 Å². The number of nitrogens with one attached hydrogen (secondary N) is 1. The van der Waals surface area contributed by atoms with Gasteiger partial charge in [-0.15, -0.1) is 0 Å². The Bertz CT molecular complexity index is 372. The Morgan fingerprint density at radius 3 is 2.80 bits per heavy atom. The Morgan fingerprint density at radius 2 is 2.25 bits per heavy atom. The zero-order valence-electron chi connectivity index (χ0n) is 11.9. The van der Waals surface area contributed by atoms with E-state index in [1.54, 1.807) is 18.9 Å². The van der Waals surface area contributed by atoms with Crippen LogP contribution in [0.15, 0.2) is 0 Å². The zero-order chi connectivity index (χ0) is 15.1. The Labute approximate surface area is 118 Å². The molecule has 0 aromatic heterocycles. The highest BCUT2D eigenvalue weighted by Crippen LogP contribution is 2.17. The normalized spacial score (nSPS) is 20.0. The lowest BCUT2D eigenvalue weighted by Gasteiger charge is -2.16. The van der Waals surface area contributed by atoms with Crippen LogP contribution in [0.3, 0.4) is 0 Å². The molecule has 0 aromatic carbocycles. The van der Waals surface area contributed by atoms with Crippen LogP contribution in [0.1, 0.15) is 19.8 Å². The van der Waals surface area contributed by atoms with E-state index in [1.165, 1.54) is 0 Å². The number of amides is 2. The molecular weight excluding hydrogens is 264 g/mol. The van der Waals surface area contributed by atoms with E-state index in [9.17, 15) is 14.4 Å². The molecule has 2 amide bonds. The highest BCUT2D eigenvalue weighted by atomic mass is 16.5. The fraction of sp³-hybridized carbons (Fsp3) is 0.769. The van der Waals surface area contributed by atoms with Crippen molar-refractivity contribution in [3.8, 4) is 0 Å². The lowest BCUT2D eigenvalue weighted by atomic mass is 10.1. The number of carboxylic acid groups (broad SMARTS) is 1. The molecule has 1 heterocycles. The van der Waals surface area contributed by atoms with Crippen LogP contribution < -0.4 is 5.32 Å². The van der Waals surface area contributed by atoms with Crippen molar-refractivity contribution in [1.29, 1.82) is 0 Å². The van der Waals surface area contributed by atoms with Gasteiger partial charge in [0.15, 0.2) is 0 Å². The SMILES string of the molecule is CCC(CNC(=O)C1CC(=O)N(CCOC)C1)C(=O)O. The first-order chi connectivity index (χ1) is 9.49. The van der Waals surface area contributed by atoms with E-state index < -0.39 is 17.8 Å². The first-order valence-corrected chi connectivity index (χ1v) is 6.76. The van der Waals surface area contributed by atoms with Crippen LogP contribution in [0.4, 0.5) is 0 Å². The molecule has 1 saturated heterocycles. The molecule has 0 saturated carbocycles. The maximum Gasteiger partial charge on any atom is 0.308 e. The third kappa shape index (κ3) is 4.48. The molecule has 1 rings (SSSR count). The minimum atomic E-state index is -0.919. The number of rotatable bonds is 8. The molecule has 0 aliphatic carbocycles. The summed E-state index contributed by atoms with van der Waals surface area (Å²) >= 11 is 0. The summed E-state index contributed by atoms with van der Waals surface area (Å²) in [5, 5.41) is 11.5. The second-order valence-electron chi connectivity index (χ2n) is 4.92. The quantitative estimate of drug-likeness (QED) is 0.639. The average molecular weight is 286 g/mol. The van der Waals surface area contributed by atoms with Gasteiger partial charge in [-0.05, 0) is 6.42 Å². The van der Waals surface area contributed by atoms with E-state index >= 15 is 0 Å². The van der Waals surface area contributed by atoms with Gasteiger partial charge in [0.25, 0.3) is 0 Å². The summed E-state index contributed by atoms with van der Waals surface area (Å²) in [6.07, 6.45) is 0.637. The molecule has 1 aliphatic rings. The Morgan fingerprint density at radius 1 is 1.55 bits per heavy atom. The first kappa shape index (κ1) is 16.4. The molecule has 20 heavy (non-hydrogen) atoms. The summed E-state index contributed by atoms with van der Waals surface area (Å²) in [7, 11) is 1.56. The Balaban J connectivity index is 2.41. The van der Waals surface area contributed by atoms with E-state index in [0.717, 1.165) is 0 Å². The van der Waals surface area contributed by atoms with Crippen molar-refractivity contribution in [2.24, 2.45) is 11.8 Å². The number of nitrogens with zero attached hydrogens (tertiary/aromatic N) is 1. The van der Waals surface area contributed by atoms with Crippen LogP contribution in [0, 0.1) is 11.8 Å². The molecule has 7 nitrogen and oxygen atoms in total. The predicted molar refractivity (Wildman–Crippen MR) is 71.0 cm³/mol. The van der Waals surface area contributed by atoms with Crippen molar-refractivity contribution >= 4 is 17.8 Å². The highest BCUT2D eigenvalue weighted by molar-refractivity contribution is 5.89. The van der Waals surface area contributed by atoms with Crippen molar-refractivity contribution < 1.29 is 24.2 Å². The van der Waals surface area contributed by atoms with Crippen LogP contribution in [-0.2, 0) is 19.1 Å². The number of carbonyl (C=O) groups excluding carboxylic acids is 2. The van der Waals surface area contributed by atoms with Crippen molar-refractivity contribution in [3.63, 3.8) is 0 Å². The fourth-order valence-corrected chi connectivity index (χ4v) is 2.14. The van der Waals surface area contributed by atoms with Crippen LogP contribution >= 0.6 is 0 Å². The summed E-state index contributed by atoms with van der Waals surface area (Å²) in [5.74, 6) is -2.21. The number of carboxylic acids is 1. The largest absolute Gasteiger partial charge is 0.481 e. The summed E-state index contributed by atoms with van der Waals surface area (Å²) in [6, 6.07) is 0. The van der Waals surface area contributed by atoms with Gasteiger partial charge < -0.3 is 20.1 Å².